The summed E-state index contributed by atoms with van der Waals surface area (Å²) >= 11 is 5.88. The number of fused-ring (bicyclic) bond motifs is 1. The predicted octanol–water partition coefficient (Wildman–Crippen LogP) is 0.915. The first-order valence-electron chi connectivity index (χ1n) is 10.6. The lowest BCUT2D eigenvalue weighted by molar-refractivity contribution is -0.110. The van der Waals surface area contributed by atoms with Crippen molar-refractivity contribution in [3.63, 3.8) is 0 Å². The third-order valence-corrected chi connectivity index (χ3v) is 8.75. The lowest BCUT2D eigenvalue weighted by Gasteiger charge is -2.64. The molecular weight excluding hydrogens is 438 g/mol. The number of hydrogen-bond acceptors (Lipinski definition) is 9. The molecule has 2 N–H and O–H groups in total. The number of aliphatic hydroxyl groups excluding tert-OH is 1. The van der Waals surface area contributed by atoms with E-state index in [-0.39, 0.29) is 5.92 Å². The van der Waals surface area contributed by atoms with Crippen molar-refractivity contribution in [3.05, 3.63) is 29.4 Å². The van der Waals surface area contributed by atoms with Crippen LogP contribution in [0.1, 0.15) is 18.5 Å². The van der Waals surface area contributed by atoms with Gasteiger partial charge in [-0.15, -0.1) is 0 Å². The summed E-state index contributed by atoms with van der Waals surface area (Å²) in [6.07, 6.45) is 6.83. The van der Waals surface area contributed by atoms with Crippen LogP contribution in [0.25, 0.3) is 0 Å². The first kappa shape index (κ1) is 19.8. The summed E-state index contributed by atoms with van der Waals surface area (Å²) < 4.78 is 12.3. The molecule has 1 saturated carbocycles. The highest BCUT2D eigenvalue weighted by Gasteiger charge is 2.56. The third kappa shape index (κ3) is 3.31. The molecule has 2 aromatic rings. The van der Waals surface area contributed by atoms with E-state index < -0.39 is 17.0 Å². The third-order valence-electron chi connectivity index (χ3n) is 7.10. The highest BCUT2D eigenvalue weighted by molar-refractivity contribution is 7.85. The average Bonchev–Trinajstić information content (AvgIpc) is 3.04. The van der Waals surface area contributed by atoms with Crippen LogP contribution in [0.15, 0.2) is 23.6 Å². The number of nitrogens with one attached hydrogen (secondary N) is 1. The molecule has 3 unspecified atom stereocenters. The number of rotatable bonds is 5. The fraction of sp³-hybridized carbons (Fsp3) is 0.600. The minimum absolute atomic E-state index is 0.147. The smallest absolute Gasteiger partial charge is 0.225 e. The Morgan fingerprint density at radius 2 is 1.94 bits per heavy atom. The van der Waals surface area contributed by atoms with Crippen LogP contribution >= 0.6 is 11.6 Å². The van der Waals surface area contributed by atoms with E-state index in [9.17, 15) is 9.32 Å². The van der Waals surface area contributed by atoms with E-state index in [1.807, 2.05) is 0 Å². The standard InChI is InChI=1S/C20H24ClN7O2S/c21-12-5-22-19(23-6-12)28-9-20(10-28)7-27(8-20)15-2-1-13(15)18(29)26-17-16-14(24-11-25-17)3-4-31(16)30/h5-6,11,13,15,18,29H,1-4,7-10H2,(H,24,25,26)/t13?,15?,18-,31?/m1/s1. The zero-order valence-corrected chi connectivity index (χ0v) is 18.5. The molecule has 0 aromatic carbocycles. The van der Waals surface area contributed by atoms with Gasteiger partial charge in [0.1, 0.15) is 23.3 Å². The SMILES string of the molecule is O=S1CCc2ncnc(N[C@H](O)C3CCC3N3CC4(CN(c5ncc(Cl)cn5)C4)C3)c21. The lowest BCUT2D eigenvalue weighted by atomic mass is 9.68. The number of nitrogens with zero attached hydrogens (tertiary/aromatic N) is 6. The molecule has 4 aliphatic rings. The van der Waals surface area contributed by atoms with Crippen molar-refractivity contribution in [1.29, 1.82) is 0 Å². The summed E-state index contributed by atoms with van der Waals surface area (Å²) in [5.41, 5.74) is 1.14. The number of aromatic nitrogens is 4. The van der Waals surface area contributed by atoms with Crippen LogP contribution in [-0.4, -0.2) is 78.4 Å². The van der Waals surface area contributed by atoms with Crippen molar-refractivity contribution in [2.75, 3.05) is 42.1 Å². The second-order valence-electron chi connectivity index (χ2n) is 9.16. The van der Waals surface area contributed by atoms with Gasteiger partial charge in [0.2, 0.25) is 5.95 Å². The molecule has 6 rings (SSSR count). The number of likely N-dealkylation sites (tertiary alicyclic amines) is 1. The summed E-state index contributed by atoms with van der Waals surface area (Å²) in [5, 5.41) is 14.6. The van der Waals surface area contributed by atoms with Gasteiger partial charge in [-0.25, -0.2) is 19.9 Å². The molecule has 164 valence electrons. The van der Waals surface area contributed by atoms with Crippen LogP contribution in [0.2, 0.25) is 5.02 Å². The molecule has 5 heterocycles. The van der Waals surface area contributed by atoms with Gasteiger partial charge in [0.15, 0.2) is 0 Å². The van der Waals surface area contributed by atoms with Gasteiger partial charge in [0.25, 0.3) is 0 Å². The van der Waals surface area contributed by atoms with Gasteiger partial charge in [0.05, 0.1) is 33.9 Å². The Bertz CT molecular complexity index is 1020. The minimum Gasteiger partial charge on any atom is -0.373 e. The average molecular weight is 462 g/mol. The number of halogens is 1. The molecule has 1 aliphatic carbocycles. The largest absolute Gasteiger partial charge is 0.373 e. The van der Waals surface area contributed by atoms with Crippen molar-refractivity contribution in [2.45, 2.75) is 36.4 Å². The van der Waals surface area contributed by atoms with Gasteiger partial charge in [0, 0.05) is 55.7 Å². The zero-order chi connectivity index (χ0) is 21.2. The van der Waals surface area contributed by atoms with Gasteiger partial charge in [-0.2, -0.15) is 0 Å². The molecule has 0 bridgehead atoms. The number of aliphatic hydroxyl groups is 1. The highest BCUT2D eigenvalue weighted by atomic mass is 35.5. The van der Waals surface area contributed by atoms with Gasteiger partial charge in [-0.3, -0.25) is 9.11 Å². The van der Waals surface area contributed by atoms with E-state index >= 15 is 0 Å². The van der Waals surface area contributed by atoms with Crippen molar-refractivity contribution < 1.29 is 9.32 Å². The molecule has 9 nitrogen and oxygen atoms in total. The fourth-order valence-corrected chi connectivity index (χ4v) is 6.85. The summed E-state index contributed by atoms with van der Waals surface area (Å²) in [6, 6.07) is 0.370. The maximum Gasteiger partial charge on any atom is 0.225 e. The van der Waals surface area contributed by atoms with Crippen LogP contribution < -0.4 is 10.2 Å². The maximum atomic E-state index is 12.3. The van der Waals surface area contributed by atoms with Gasteiger partial charge in [-0.05, 0) is 12.8 Å². The molecule has 0 radical (unpaired) electrons. The van der Waals surface area contributed by atoms with E-state index in [1.54, 1.807) is 12.4 Å². The van der Waals surface area contributed by atoms with Gasteiger partial charge >= 0.3 is 0 Å². The highest BCUT2D eigenvalue weighted by Crippen LogP contribution is 2.47. The van der Waals surface area contributed by atoms with E-state index in [4.69, 9.17) is 11.6 Å². The van der Waals surface area contributed by atoms with Crippen molar-refractivity contribution in [2.24, 2.45) is 11.3 Å². The van der Waals surface area contributed by atoms with Crippen LogP contribution in [0, 0.1) is 11.3 Å². The number of hydrogen-bond donors (Lipinski definition) is 2. The first-order chi connectivity index (χ1) is 15.0. The predicted molar refractivity (Wildman–Crippen MR) is 116 cm³/mol. The molecule has 2 aromatic heterocycles. The van der Waals surface area contributed by atoms with Crippen molar-refractivity contribution >= 4 is 34.2 Å². The quantitative estimate of drug-likeness (QED) is 0.628. The Morgan fingerprint density at radius 3 is 2.65 bits per heavy atom. The summed E-state index contributed by atoms with van der Waals surface area (Å²) in [4.78, 5) is 22.5. The lowest BCUT2D eigenvalue weighted by Crippen LogP contribution is -2.75. The van der Waals surface area contributed by atoms with Gasteiger partial charge < -0.3 is 15.3 Å². The topological polar surface area (TPSA) is 107 Å². The zero-order valence-electron chi connectivity index (χ0n) is 16.9. The van der Waals surface area contributed by atoms with Crippen molar-refractivity contribution in [3.8, 4) is 0 Å². The Labute approximate surface area is 187 Å². The maximum absolute atomic E-state index is 12.3. The van der Waals surface area contributed by atoms with Crippen LogP contribution in [0.5, 0.6) is 0 Å². The molecule has 1 spiro atoms. The van der Waals surface area contributed by atoms with E-state index in [0.29, 0.717) is 39.4 Å². The molecular formula is C20H24ClN7O2S. The second kappa shape index (κ2) is 7.33. The minimum atomic E-state index is -1.09. The summed E-state index contributed by atoms with van der Waals surface area (Å²) in [5.74, 6) is 1.99. The number of anilines is 2. The monoisotopic (exact) mass is 461 g/mol. The molecule has 31 heavy (non-hydrogen) atoms. The Hall–Kier alpha value is -1.88. The van der Waals surface area contributed by atoms with Crippen LogP contribution in [-0.2, 0) is 17.2 Å². The van der Waals surface area contributed by atoms with Gasteiger partial charge in [-0.1, -0.05) is 11.6 Å². The second-order valence-corrected chi connectivity index (χ2v) is 11.1. The molecule has 2 saturated heterocycles. The number of aryl methyl sites for hydroxylation is 1. The fourth-order valence-electron chi connectivity index (χ4n) is 5.42. The van der Waals surface area contributed by atoms with Crippen LogP contribution in [0.4, 0.5) is 11.8 Å². The van der Waals surface area contributed by atoms with E-state index in [2.05, 4.69) is 35.1 Å². The van der Waals surface area contributed by atoms with E-state index in [0.717, 1.165) is 50.7 Å². The molecule has 11 heteroatoms. The van der Waals surface area contributed by atoms with Crippen LogP contribution in [0.3, 0.4) is 0 Å². The Morgan fingerprint density at radius 1 is 1.16 bits per heavy atom. The van der Waals surface area contributed by atoms with E-state index in [1.165, 1.54) is 6.33 Å². The summed E-state index contributed by atoms with van der Waals surface area (Å²) in [6.45, 7) is 4.00. The molecule has 3 fully saturated rings. The molecule has 0 amide bonds. The van der Waals surface area contributed by atoms with Crippen molar-refractivity contribution in [1.82, 2.24) is 24.8 Å². The molecule has 4 atom stereocenters. The molecule has 3 aliphatic heterocycles. The Balaban J connectivity index is 1.05. The normalized spacial score (nSPS) is 29.6. The summed E-state index contributed by atoms with van der Waals surface area (Å²) in [7, 11) is -1.09. The Kier molecular flexibility index (Phi) is 4.68. The first-order valence-corrected chi connectivity index (χ1v) is 12.3.